The van der Waals surface area contributed by atoms with Crippen LogP contribution < -0.4 is 24.4 Å². The molecule has 1 aliphatic heterocycles. The molecule has 2 aromatic rings. The molecule has 1 amide bonds. The van der Waals surface area contributed by atoms with E-state index in [1.54, 1.807) is 30.3 Å². The Morgan fingerprint density at radius 2 is 1.66 bits per heavy atom. The molecule has 2 N–H and O–H groups in total. The summed E-state index contributed by atoms with van der Waals surface area (Å²) in [4.78, 5) is 14.8. The lowest BCUT2D eigenvalue weighted by Gasteiger charge is -2.28. The molecule has 0 aromatic heterocycles. The standard InChI is InChI=1S/C23H31N3O5S/c1-3-30-20-12-13-22(31-4-2)21(16-20)24-23(27)17-32(28,29)25-18-8-10-19(11-9-18)26-14-6-5-7-15-26/h8-13,16,25H,3-7,14-15,17H2,1-2H3,(H,24,27). The first-order valence-corrected chi connectivity index (χ1v) is 12.6. The molecule has 1 aliphatic rings. The molecule has 1 heterocycles. The van der Waals surface area contributed by atoms with Crippen LogP contribution in [0.25, 0.3) is 0 Å². The maximum absolute atomic E-state index is 12.5. The zero-order chi connectivity index (χ0) is 23.0. The van der Waals surface area contributed by atoms with Crippen LogP contribution in [0.4, 0.5) is 17.1 Å². The summed E-state index contributed by atoms with van der Waals surface area (Å²) in [6, 6.07) is 12.3. The minimum atomic E-state index is -3.88. The van der Waals surface area contributed by atoms with Crippen molar-refractivity contribution in [3.63, 3.8) is 0 Å². The zero-order valence-electron chi connectivity index (χ0n) is 18.6. The van der Waals surface area contributed by atoms with E-state index in [4.69, 9.17) is 9.47 Å². The SMILES string of the molecule is CCOc1ccc(OCC)c(NC(=O)CS(=O)(=O)Nc2ccc(N3CCCCC3)cc2)c1. The van der Waals surface area contributed by atoms with E-state index in [9.17, 15) is 13.2 Å². The van der Waals surface area contributed by atoms with Gasteiger partial charge < -0.3 is 19.7 Å². The molecule has 2 aromatic carbocycles. The molecule has 0 atom stereocenters. The maximum Gasteiger partial charge on any atom is 0.241 e. The van der Waals surface area contributed by atoms with Gasteiger partial charge in [-0.25, -0.2) is 8.42 Å². The van der Waals surface area contributed by atoms with Crippen LogP contribution >= 0.6 is 0 Å². The van der Waals surface area contributed by atoms with E-state index in [2.05, 4.69) is 14.9 Å². The van der Waals surface area contributed by atoms with Gasteiger partial charge in [-0.2, -0.15) is 0 Å². The second kappa shape index (κ2) is 11.1. The number of ether oxygens (including phenoxy) is 2. The van der Waals surface area contributed by atoms with Crippen molar-refractivity contribution in [3.8, 4) is 11.5 Å². The minimum absolute atomic E-state index is 0.365. The molecule has 0 spiro atoms. The Bertz CT molecular complexity index is 1000. The second-order valence-corrected chi connectivity index (χ2v) is 9.25. The average Bonchev–Trinajstić information content (AvgIpc) is 2.76. The molecule has 1 fully saturated rings. The lowest BCUT2D eigenvalue weighted by atomic mass is 10.1. The summed E-state index contributed by atoms with van der Waals surface area (Å²) in [6.45, 7) is 6.58. The molecule has 8 nitrogen and oxygen atoms in total. The van der Waals surface area contributed by atoms with Gasteiger partial charge in [0.2, 0.25) is 15.9 Å². The first-order chi connectivity index (χ1) is 15.4. The highest BCUT2D eigenvalue weighted by molar-refractivity contribution is 7.93. The van der Waals surface area contributed by atoms with E-state index in [1.807, 2.05) is 26.0 Å². The highest BCUT2D eigenvalue weighted by atomic mass is 32.2. The summed E-state index contributed by atoms with van der Waals surface area (Å²) < 4.78 is 38.5. The van der Waals surface area contributed by atoms with E-state index in [0.29, 0.717) is 36.1 Å². The number of carbonyl (C=O) groups excluding carboxylic acids is 1. The van der Waals surface area contributed by atoms with Gasteiger partial charge in [-0.1, -0.05) is 0 Å². The first kappa shape index (κ1) is 23.7. The van der Waals surface area contributed by atoms with Gasteiger partial charge in [0.25, 0.3) is 0 Å². The number of rotatable bonds is 10. The van der Waals surface area contributed by atoms with E-state index in [-0.39, 0.29) is 0 Å². The summed E-state index contributed by atoms with van der Waals surface area (Å²) in [5.74, 6) is -0.383. The smallest absolute Gasteiger partial charge is 0.241 e. The van der Waals surface area contributed by atoms with Crippen LogP contribution in [0, 0.1) is 0 Å². The third-order valence-corrected chi connectivity index (χ3v) is 6.21. The lowest BCUT2D eigenvalue weighted by molar-refractivity contribution is -0.113. The third kappa shape index (κ3) is 6.78. The number of anilines is 3. The summed E-state index contributed by atoms with van der Waals surface area (Å²) in [5.41, 5.74) is 1.86. The van der Waals surface area contributed by atoms with Crippen molar-refractivity contribution in [2.24, 2.45) is 0 Å². The van der Waals surface area contributed by atoms with Gasteiger partial charge in [0, 0.05) is 30.5 Å². The van der Waals surface area contributed by atoms with Crippen LogP contribution in [0.1, 0.15) is 33.1 Å². The fourth-order valence-corrected chi connectivity index (χ4v) is 4.60. The fraction of sp³-hybridized carbons (Fsp3) is 0.435. The largest absolute Gasteiger partial charge is 0.494 e. The summed E-state index contributed by atoms with van der Waals surface area (Å²) in [5, 5.41) is 2.62. The van der Waals surface area contributed by atoms with E-state index in [1.165, 1.54) is 19.3 Å². The number of sulfonamides is 1. The Morgan fingerprint density at radius 1 is 0.969 bits per heavy atom. The number of nitrogens with zero attached hydrogens (tertiary/aromatic N) is 1. The molecular weight excluding hydrogens is 430 g/mol. The number of benzene rings is 2. The minimum Gasteiger partial charge on any atom is -0.494 e. The van der Waals surface area contributed by atoms with Crippen LogP contribution in [0.3, 0.4) is 0 Å². The van der Waals surface area contributed by atoms with Gasteiger partial charge >= 0.3 is 0 Å². The highest BCUT2D eigenvalue weighted by Crippen LogP contribution is 2.29. The number of carbonyl (C=O) groups is 1. The first-order valence-electron chi connectivity index (χ1n) is 10.9. The normalized spacial score (nSPS) is 14.0. The van der Waals surface area contributed by atoms with Crippen LogP contribution in [0.5, 0.6) is 11.5 Å². The molecule has 0 saturated carbocycles. The molecule has 0 radical (unpaired) electrons. The van der Waals surface area contributed by atoms with Crippen molar-refractivity contribution in [2.45, 2.75) is 33.1 Å². The van der Waals surface area contributed by atoms with Gasteiger partial charge in [0.15, 0.2) is 0 Å². The molecular formula is C23H31N3O5S. The van der Waals surface area contributed by atoms with Crippen LogP contribution in [0.2, 0.25) is 0 Å². The average molecular weight is 462 g/mol. The molecule has 32 heavy (non-hydrogen) atoms. The predicted molar refractivity (Wildman–Crippen MR) is 127 cm³/mol. The Morgan fingerprint density at radius 3 is 2.31 bits per heavy atom. The van der Waals surface area contributed by atoms with E-state index in [0.717, 1.165) is 18.8 Å². The van der Waals surface area contributed by atoms with Crippen molar-refractivity contribution in [1.29, 1.82) is 0 Å². The summed E-state index contributed by atoms with van der Waals surface area (Å²) in [6.07, 6.45) is 3.59. The van der Waals surface area contributed by atoms with Gasteiger partial charge in [-0.05, 0) is 69.5 Å². The molecule has 174 valence electrons. The van der Waals surface area contributed by atoms with Gasteiger partial charge in [0.05, 0.1) is 18.9 Å². The van der Waals surface area contributed by atoms with Gasteiger partial charge in [-0.3, -0.25) is 9.52 Å². The molecule has 1 saturated heterocycles. The number of hydrogen-bond acceptors (Lipinski definition) is 6. The van der Waals surface area contributed by atoms with Crippen molar-refractivity contribution < 1.29 is 22.7 Å². The van der Waals surface area contributed by atoms with Gasteiger partial charge in [-0.15, -0.1) is 0 Å². The summed E-state index contributed by atoms with van der Waals surface area (Å²) >= 11 is 0. The number of piperidine rings is 1. The molecule has 0 aliphatic carbocycles. The van der Waals surface area contributed by atoms with Crippen LogP contribution in [-0.2, 0) is 14.8 Å². The quantitative estimate of drug-likeness (QED) is 0.558. The fourth-order valence-electron chi connectivity index (χ4n) is 3.61. The van der Waals surface area contributed by atoms with Gasteiger partial charge in [0.1, 0.15) is 17.3 Å². The molecule has 9 heteroatoms. The van der Waals surface area contributed by atoms with Crippen molar-refractivity contribution in [3.05, 3.63) is 42.5 Å². The lowest BCUT2D eigenvalue weighted by Crippen LogP contribution is -2.29. The Kier molecular flexibility index (Phi) is 8.21. The Balaban J connectivity index is 1.62. The Hall–Kier alpha value is -2.94. The van der Waals surface area contributed by atoms with E-state index < -0.39 is 21.7 Å². The predicted octanol–water partition coefficient (Wildman–Crippen LogP) is 3.85. The monoisotopic (exact) mass is 461 g/mol. The number of nitrogens with one attached hydrogen (secondary N) is 2. The zero-order valence-corrected chi connectivity index (χ0v) is 19.4. The topological polar surface area (TPSA) is 97.0 Å². The third-order valence-electron chi connectivity index (χ3n) is 5.02. The highest BCUT2D eigenvalue weighted by Gasteiger charge is 2.19. The number of hydrogen-bond donors (Lipinski definition) is 2. The molecule has 0 bridgehead atoms. The number of amides is 1. The van der Waals surface area contributed by atoms with Crippen molar-refractivity contribution in [2.75, 3.05) is 47.0 Å². The van der Waals surface area contributed by atoms with Crippen molar-refractivity contribution >= 4 is 33.0 Å². The van der Waals surface area contributed by atoms with Crippen LogP contribution in [-0.4, -0.2) is 46.4 Å². The summed E-state index contributed by atoms with van der Waals surface area (Å²) in [7, 11) is -3.88. The van der Waals surface area contributed by atoms with E-state index >= 15 is 0 Å². The maximum atomic E-state index is 12.5. The molecule has 0 unspecified atom stereocenters. The molecule has 3 rings (SSSR count). The Labute approximate surface area is 190 Å². The van der Waals surface area contributed by atoms with Crippen molar-refractivity contribution in [1.82, 2.24) is 0 Å². The van der Waals surface area contributed by atoms with Crippen LogP contribution in [0.15, 0.2) is 42.5 Å². The second-order valence-electron chi connectivity index (χ2n) is 7.53.